The number of rotatable bonds is 6. The predicted octanol–water partition coefficient (Wildman–Crippen LogP) is 6.65. The van der Waals surface area contributed by atoms with E-state index in [9.17, 15) is 9.90 Å². The van der Waals surface area contributed by atoms with Crippen molar-refractivity contribution in [3.63, 3.8) is 0 Å². The van der Waals surface area contributed by atoms with Crippen molar-refractivity contribution < 1.29 is 19.4 Å². The maximum absolute atomic E-state index is 13.7. The summed E-state index contributed by atoms with van der Waals surface area (Å²) in [5, 5.41) is 10.2. The second-order valence-electron chi connectivity index (χ2n) is 13.5. The number of ether oxygens (including phenoxy) is 2. The highest BCUT2D eigenvalue weighted by atomic mass is 16.6. The average Bonchev–Trinajstić information content (AvgIpc) is 2.81. The molecule has 2 atom stereocenters. The number of piperidine rings is 1. The number of carbonyl (C=O) groups is 1. The number of benzene rings is 1. The second-order valence-corrected chi connectivity index (χ2v) is 13.5. The lowest BCUT2D eigenvalue weighted by molar-refractivity contribution is -0.171. The summed E-state index contributed by atoms with van der Waals surface area (Å²) in [6.07, 6.45) is 3.05. The topological polar surface area (TPSA) is 71.9 Å². The molecule has 6 heteroatoms. The smallest absolute Gasteiger partial charge is 0.340 e. The number of aliphatic hydroxyl groups is 1. The minimum Gasteiger partial charge on any atom is -0.461 e. The Labute approximate surface area is 235 Å². The van der Waals surface area contributed by atoms with Crippen LogP contribution >= 0.6 is 0 Å². The number of anilines is 1. The first kappa shape index (κ1) is 29.5. The van der Waals surface area contributed by atoms with Crippen LogP contribution in [0.2, 0.25) is 0 Å². The molecule has 0 amide bonds. The normalized spacial score (nSPS) is 20.1. The summed E-state index contributed by atoms with van der Waals surface area (Å²) < 4.78 is 12.3. The monoisotopic (exact) mass is 536 g/mol. The van der Waals surface area contributed by atoms with E-state index in [4.69, 9.17) is 14.5 Å². The van der Waals surface area contributed by atoms with Crippen LogP contribution < -0.4 is 4.90 Å². The Bertz CT molecular complexity index is 1200. The first-order valence-electron chi connectivity index (χ1n) is 14.6. The highest BCUT2D eigenvalue weighted by molar-refractivity contribution is 5.88. The van der Waals surface area contributed by atoms with Crippen LogP contribution in [0.25, 0.3) is 11.1 Å². The molecule has 6 nitrogen and oxygen atoms in total. The predicted molar refractivity (Wildman–Crippen MR) is 157 cm³/mol. The third kappa shape index (κ3) is 6.83. The molecule has 1 aromatic heterocycles. The zero-order valence-electron chi connectivity index (χ0n) is 25.5. The van der Waals surface area contributed by atoms with E-state index < -0.39 is 11.7 Å². The third-order valence-electron chi connectivity index (χ3n) is 8.01. The molecule has 1 aromatic carbocycles. The van der Waals surface area contributed by atoms with Crippen LogP contribution in [-0.2, 0) is 27.1 Å². The van der Waals surface area contributed by atoms with Gasteiger partial charge in [-0.3, -0.25) is 4.98 Å². The lowest BCUT2D eigenvalue weighted by atomic mass is 9.81. The minimum absolute atomic E-state index is 0.253. The Balaban J connectivity index is 1.95. The van der Waals surface area contributed by atoms with E-state index in [-0.39, 0.29) is 23.6 Å². The molecule has 1 saturated heterocycles. The van der Waals surface area contributed by atoms with Gasteiger partial charge in [-0.25, -0.2) is 4.79 Å². The van der Waals surface area contributed by atoms with Gasteiger partial charge in [-0.05, 0) is 103 Å². The second kappa shape index (κ2) is 11.2. The maximum Gasteiger partial charge on any atom is 0.340 e. The first-order valence-corrected chi connectivity index (χ1v) is 14.6. The van der Waals surface area contributed by atoms with Gasteiger partial charge in [0.15, 0.2) is 6.10 Å². The largest absolute Gasteiger partial charge is 0.461 e. The molecule has 1 aliphatic heterocycles. The zero-order chi connectivity index (χ0) is 28.7. The molecule has 1 fully saturated rings. The fraction of sp³-hybridized carbons (Fsp3) is 0.636. The lowest BCUT2D eigenvalue weighted by Gasteiger charge is -2.41. The van der Waals surface area contributed by atoms with E-state index >= 15 is 0 Å². The Morgan fingerprint density at radius 3 is 2.38 bits per heavy atom. The van der Waals surface area contributed by atoms with Gasteiger partial charge in [-0.1, -0.05) is 32.0 Å². The number of fused-ring (bicyclic) bond motifs is 1. The van der Waals surface area contributed by atoms with E-state index in [0.717, 1.165) is 72.5 Å². The molecule has 2 aromatic rings. The molecule has 0 spiro atoms. The average molecular weight is 537 g/mol. The highest BCUT2D eigenvalue weighted by Crippen LogP contribution is 2.45. The summed E-state index contributed by atoms with van der Waals surface area (Å²) in [5.74, 6) is -0.377. The maximum atomic E-state index is 13.7. The molecule has 1 aliphatic carbocycles. The van der Waals surface area contributed by atoms with Crippen LogP contribution in [0.4, 0.5) is 5.69 Å². The van der Waals surface area contributed by atoms with Crippen molar-refractivity contribution in [2.24, 2.45) is 5.41 Å². The number of aryl methyl sites for hydroxylation is 3. The summed E-state index contributed by atoms with van der Waals surface area (Å²) in [6.45, 7) is 20.2. The molecule has 1 N–H and O–H groups in total. The van der Waals surface area contributed by atoms with E-state index in [2.05, 4.69) is 43.9 Å². The van der Waals surface area contributed by atoms with Crippen LogP contribution in [0.1, 0.15) is 102 Å². The molecule has 2 heterocycles. The van der Waals surface area contributed by atoms with Crippen molar-refractivity contribution in [3.05, 3.63) is 46.3 Å². The van der Waals surface area contributed by atoms with E-state index in [1.807, 2.05) is 41.5 Å². The number of hydrogen-bond acceptors (Lipinski definition) is 6. The van der Waals surface area contributed by atoms with Crippen molar-refractivity contribution in [1.82, 2.24) is 4.98 Å². The molecule has 0 bridgehead atoms. The number of aliphatic hydroxyl groups excluding tert-OH is 1. The van der Waals surface area contributed by atoms with E-state index in [0.29, 0.717) is 6.42 Å². The highest BCUT2D eigenvalue weighted by Gasteiger charge is 2.37. The van der Waals surface area contributed by atoms with Gasteiger partial charge in [-0.2, -0.15) is 0 Å². The van der Waals surface area contributed by atoms with E-state index in [1.54, 1.807) is 0 Å². The summed E-state index contributed by atoms with van der Waals surface area (Å²) in [7, 11) is 0. The number of pyridine rings is 1. The molecule has 39 heavy (non-hydrogen) atoms. The van der Waals surface area contributed by atoms with Crippen molar-refractivity contribution in [1.29, 1.82) is 0 Å². The number of aromatic nitrogens is 1. The Hall–Kier alpha value is -2.44. The van der Waals surface area contributed by atoms with Crippen LogP contribution in [0.5, 0.6) is 0 Å². The van der Waals surface area contributed by atoms with Gasteiger partial charge >= 0.3 is 5.97 Å². The summed E-state index contributed by atoms with van der Waals surface area (Å²) in [6, 6.07) is 6.59. The lowest BCUT2D eigenvalue weighted by Crippen LogP contribution is -2.39. The molecule has 2 unspecified atom stereocenters. The molecular formula is C33H48N2O4. The van der Waals surface area contributed by atoms with Crippen molar-refractivity contribution in [2.75, 3.05) is 18.0 Å². The van der Waals surface area contributed by atoms with Crippen LogP contribution in [0.3, 0.4) is 0 Å². The Kier molecular flexibility index (Phi) is 8.49. The van der Waals surface area contributed by atoms with Gasteiger partial charge < -0.3 is 19.5 Å². The molecule has 2 aliphatic rings. The van der Waals surface area contributed by atoms with Crippen molar-refractivity contribution in [3.8, 4) is 11.1 Å². The Morgan fingerprint density at radius 1 is 1.10 bits per heavy atom. The first-order chi connectivity index (χ1) is 18.1. The van der Waals surface area contributed by atoms with Gasteiger partial charge in [-0.15, -0.1) is 0 Å². The van der Waals surface area contributed by atoms with Crippen molar-refractivity contribution >= 4 is 11.7 Å². The fourth-order valence-corrected chi connectivity index (χ4v) is 5.93. The van der Waals surface area contributed by atoms with Gasteiger partial charge in [0.1, 0.15) is 0 Å². The third-order valence-corrected chi connectivity index (χ3v) is 8.01. The zero-order valence-corrected chi connectivity index (χ0v) is 25.5. The van der Waals surface area contributed by atoms with Crippen LogP contribution in [0, 0.1) is 19.3 Å². The summed E-state index contributed by atoms with van der Waals surface area (Å²) >= 11 is 0. The minimum atomic E-state index is -0.892. The molecule has 0 radical (unpaired) electrons. The fourth-order valence-electron chi connectivity index (χ4n) is 5.93. The van der Waals surface area contributed by atoms with Crippen LogP contribution in [0.15, 0.2) is 18.2 Å². The standard InChI is InChI=1S/C33H48N2O4/c1-20(2)38-31(37)30(39-32(5,6)7)28-22(4)34-21(3)27(29(28)35-16-14-33(8,9)15-17-35)25-11-10-24-19-26(36)13-12-23(24)18-25/h10-11,18,20,26,30,36H,12-17,19H2,1-9H3. The molecule has 214 valence electrons. The van der Waals surface area contributed by atoms with E-state index in [1.165, 1.54) is 11.1 Å². The SMILES string of the molecule is Cc1nc(C)c(C(OC(C)(C)C)C(=O)OC(C)C)c(N2CCC(C)(C)CC2)c1-c1ccc2c(c1)CCC(O)C2. The quantitative estimate of drug-likeness (QED) is 0.417. The van der Waals surface area contributed by atoms with Gasteiger partial charge in [0.2, 0.25) is 0 Å². The summed E-state index contributed by atoms with van der Waals surface area (Å²) in [4.78, 5) is 21.1. The van der Waals surface area contributed by atoms with Crippen molar-refractivity contribution in [2.45, 2.75) is 118 Å². The molecular weight excluding hydrogens is 488 g/mol. The van der Waals surface area contributed by atoms with Gasteiger partial charge in [0.25, 0.3) is 0 Å². The molecule has 0 saturated carbocycles. The van der Waals surface area contributed by atoms with Gasteiger partial charge in [0.05, 0.1) is 23.5 Å². The summed E-state index contributed by atoms with van der Waals surface area (Å²) in [5.41, 5.74) is 7.96. The molecule has 4 rings (SSSR count). The number of nitrogens with zero attached hydrogens (tertiary/aromatic N) is 2. The Morgan fingerprint density at radius 2 is 1.77 bits per heavy atom. The van der Waals surface area contributed by atoms with Crippen LogP contribution in [-0.4, -0.2) is 47.0 Å². The number of carbonyl (C=O) groups excluding carboxylic acids is 1. The number of esters is 1. The number of hydrogen-bond donors (Lipinski definition) is 1. The van der Waals surface area contributed by atoms with Gasteiger partial charge in [0, 0.05) is 35.6 Å².